The fraction of sp³-hybridized carbons (Fsp3) is 0.632. The Kier molecular flexibility index (Phi) is 5.28. The number of hydrogen-bond donors (Lipinski definition) is 2. The van der Waals surface area contributed by atoms with Crippen LogP contribution in [0.1, 0.15) is 38.2 Å². The second-order valence-electron chi connectivity index (χ2n) is 7.91. The van der Waals surface area contributed by atoms with Crippen LogP contribution in [0.5, 0.6) is 0 Å². The van der Waals surface area contributed by atoms with Crippen LogP contribution in [0.2, 0.25) is 0 Å². The molecule has 1 aromatic carbocycles. The van der Waals surface area contributed by atoms with E-state index in [1.165, 1.54) is 12.3 Å². The Morgan fingerprint density at radius 3 is 2.50 bits per heavy atom. The Morgan fingerprint density at radius 2 is 1.96 bits per heavy atom. The van der Waals surface area contributed by atoms with E-state index in [9.17, 15) is 12.8 Å². The van der Waals surface area contributed by atoms with Crippen molar-refractivity contribution in [3.8, 4) is 0 Å². The Morgan fingerprint density at radius 1 is 1.23 bits per heavy atom. The predicted molar refractivity (Wildman–Crippen MR) is 103 cm³/mol. The van der Waals surface area contributed by atoms with Crippen molar-refractivity contribution >= 4 is 15.8 Å². The molecule has 0 amide bonds. The van der Waals surface area contributed by atoms with Gasteiger partial charge in [-0.3, -0.25) is 4.99 Å². The van der Waals surface area contributed by atoms with Crippen LogP contribution in [0.4, 0.5) is 4.39 Å². The lowest BCUT2D eigenvalue weighted by Gasteiger charge is -2.20. The molecule has 2 aliphatic rings. The first kappa shape index (κ1) is 19.1. The molecular formula is C19H28FN3O2S. The molecule has 1 aromatic rings. The van der Waals surface area contributed by atoms with E-state index in [-0.39, 0.29) is 22.4 Å². The molecule has 26 heavy (non-hydrogen) atoms. The Labute approximate surface area is 155 Å². The quantitative estimate of drug-likeness (QED) is 0.535. The van der Waals surface area contributed by atoms with Gasteiger partial charge in [0.25, 0.3) is 0 Å². The van der Waals surface area contributed by atoms with E-state index < -0.39 is 9.84 Å². The Bertz CT molecular complexity index is 784. The molecule has 0 heterocycles. The number of aliphatic imine (C=N–C) groups is 1. The number of halogens is 1. The second-order valence-corrected chi connectivity index (χ2v) is 10.0. The summed E-state index contributed by atoms with van der Waals surface area (Å²) in [6, 6.07) is 6.82. The molecule has 0 atom stereocenters. The van der Waals surface area contributed by atoms with Gasteiger partial charge in [0.15, 0.2) is 5.96 Å². The summed E-state index contributed by atoms with van der Waals surface area (Å²) in [6.45, 7) is 3.95. The molecular weight excluding hydrogens is 353 g/mol. The van der Waals surface area contributed by atoms with Crippen molar-refractivity contribution in [3.05, 3.63) is 35.6 Å². The van der Waals surface area contributed by atoms with Gasteiger partial charge in [0.05, 0.1) is 5.75 Å². The van der Waals surface area contributed by atoms with E-state index in [4.69, 9.17) is 0 Å². The third-order valence-electron chi connectivity index (χ3n) is 5.33. The van der Waals surface area contributed by atoms with Gasteiger partial charge in [0.2, 0.25) is 0 Å². The van der Waals surface area contributed by atoms with Gasteiger partial charge in [0.1, 0.15) is 15.7 Å². The highest BCUT2D eigenvalue weighted by Gasteiger charge is 2.46. The maximum absolute atomic E-state index is 13.5. The van der Waals surface area contributed by atoms with E-state index in [2.05, 4.69) is 15.6 Å². The molecule has 0 bridgehead atoms. The first-order valence-corrected chi connectivity index (χ1v) is 11.3. The third kappa shape index (κ3) is 4.96. The molecule has 0 saturated heterocycles. The highest BCUT2D eigenvalue weighted by molar-refractivity contribution is 7.90. The lowest BCUT2D eigenvalue weighted by atomic mass is 9.96. The van der Waals surface area contributed by atoms with Crippen molar-refractivity contribution in [1.29, 1.82) is 0 Å². The molecule has 5 nitrogen and oxygen atoms in total. The Balaban J connectivity index is 1.62. The van der Waals surface area contributed by atoms with Crippen LogP contribution >= 0.6 is 0 Å². The van der Waals surface area contributed by atoms with E-state index in [0.717, 1.165) is 37.8 Å². The van der Waals surface area contributed by atoms with Gasteiger partial charge in [-0.05, 0) is 50.3 Å². The SMILES string of the molecule is CCNC(=NCC1(CS(C)(=O)=O)CC1)NCC1(c2cccc(F)c2)CC1. The van der Waals surface area contributed by atoms with Gasteiger partial charge in [0, 0.05) is 36.7 Å². The topological polar surface area (TPSA) is 70.6 Å². The number of hydrogen-bond acceptors (Lipinski definition) is 3. The third-order valence-corrected chi connectivity index (χ3v) is 6.46. The number of nitrogens with one attached hydrogen (secondary N) is 2. The summed E-state index contributed by atoms with van der Waals surface area (Å²) in [5, 5.41) is 6.60. The predicted octanol–water partition coefficient (Wildman–Crippen LogP) is 2.24. The van der Waals surface area contributed by atoms with Gasteiger partial charge in [-0.15, -0.1) is 0 Å². The van der Waals surface area contributed by atoms with Crippen LogP contribution in [0.15, 0.2) is 29.3 Å². The number of sulfone groups is 1. The van der Waals surface area contributed by atoms with E-state index in [1.54, 1.807) is 12.1 Å². The van der Waals surface area contributed by atoms with Crippen LogP contribution in [0.3, 0.4) is 0 Å². The molecule has 0 radical (unpaired) electrons. The second kappa shape index (κ2) is 7.18. The highest BCUT2D eigenvalue weighted by atomic mass is 32.2. The maximum Gasteiger partial charge on any atom is 0.191 e. The monoisotopic (exact) mass is 381 g/mol. The average molecular weight is 382 g/mol. The minimum atomic E-state index is -2.99. The number of nitrogens with zero attached hydrogens (tertiary/aromatic N) is 1. The van der Waals surface area contributed by atoms with Crippen LogP contribution in [-0.2, 0) is 15.3 Å². The van der Waals surface area contributed by atoms with Crippen molar-refractivity contribution in [1.82, 2.24) is 10.6 Å². The van der Waals surface area contributed by atoms with E-state index in [1.807, 2.05) is 13.0 Å². The van der Waals surface area contributed by atoms with Crippen molar-refractivity contribution in [3.63, 3.8) is 0 Å². The molecule has 0 aromatic heterocycles. The largest absolute Gasteiger partial charge is 0.357 e. The molecule has 0 spiro atoms. The zero-order chi connectivity index (χ0) is 18.8. The number of benzene rings is 1. The summed E-state index contributed by atoms with van der Waals surface area (Å²) in [7, 11) is -2.99. The molecule has 2 N–H and O–H groups in total. The van der Waals surface area contributed by atoms with E-state index in [0.29, 0.717) is 19.0 Å². The summed E-state index contributed by atoms with van der Waals surface area (Å²) >= 11 is 0. The first-order valence-electron chi connectivity index (χ1n) is 9.22. The minimum Gasteiger partial charge on any atom is -0.357 e. The van der Waals surface area contributed by atoms with Gasteiger partial charge in [-0.25, -0.2) is 12.8 Å². The maximum atomic E-state index is 13.5. The fourth-order valence-corrected chi connectivity index (χ4v) is 4.95. The highest BCUT2D eigenvalue weighted by Crippen LogP contribution is 2.48. The normalized spacial score (nSPS) is 20.5. The van der Waals surface area contributed by atoms with Crippen LogP contribution in [0.25, 0.3) is 0 Å². The molecule has 2 saturated carbocycles. The molecule has 144 valence electrons. The summed E-state index contributed by atoms with van der Waals surface area (Å²) < 4.78 is 36.7. The molecule has 2 fully saturated rings. The molecule has 2 aliphatic carbocycles. The zero-order valence-electron chi connectivity index (χ0n) is 15.5. The number of guanidine groups is 1. The van der Waals surface area contributed by atoms with Crippen molar-refractivity contribution < 1.29 is 12.8 Å². The first-order chi connectivity index (χ1) is 12.3. The Hall–Kier alpha value is -1.63. The smallest absolute Gasteiger partial charge is 0.191 e. The minimum absolute atomic E-state index is 0.0255. The zero-order valence-corrected chi connectivity index (χ0v) is 16.3. The van der Waals surface area contributed by atoms with Crippen molar-refractivity contribution in [2.45, 2.75) is 38.0 Å². The lowest BCUT2D eigenvalue weighted by molar-refractivity contribution is 0.548. The molecule has 3 rings (SSSR count). The summed E-state index contributed by atoms with van der Waals surface area (Å²) in [5.74, 6) is 0.705. The summed E-state index contributed by atoms with van der Waals surface area (Å²) in [4.78, 5) is 4.63. The van der Waals surface area contributed by atoms with Gasteiger partial charge in [-0.2, -0.15) is 0 Å². The van der Waals surface area contributed by atoms with Gasteiger partial charge in [-0.1, -0.05) is 12.1 Å². The summed E-state index contributed by atoms with van der Waals surface area (Å²) in [5.41, 5.74) is 0.814. The molecule has 7 heteroatoms. The van der Waals surface area contributed by atoms with Crippen LogP contribution in [0, 0.1) is 11.2 Å². The summed E-state index contributed by atoms with van der Waals surface area (Å²) in [6.07, 6.45) is 5.17. The van der Waals surface area contributed by atoms with E-state index >= 15 is 0 Å². The number of rotatable bonds is 8. The molecule has 0 unspecified atom stereocenters. The van der Waals surface area contributed by atoms with Crippen LogP contribution in [-0.4, -0.2) is 46.0 Å². The van der Waals surface area contributed by atoms with Gasteiger partial charge >= 0.3 is 0 Å². The lowest BCUT2D eigenvalue weighted by Crippen LogP contribution is -2.41. The fourth-order valence-electron chi connectivity index (χ4n) is 3.46. The molecule has 0 aliphatic heterocycles. The average Bonchev–Trinajstić information content (AvgIpc) is 3.46. The standard InChI is InChI=1S/C19H28FN3O2S/c1-3-21-17(22-12-18(7-8-18)14-26(2,24)25)23-13-19(9-10-19)15-5-4-6-16(20)11-15/h4-6,11H,3,7-10,12-14H2,1-2H3,(H2,21,22,23). The van der Waals surface area contributed by atoms with Gasteiger partial charge < -0.3 is 10.6 Å². The van der Waals surface area contributed by atoms with Crippen LogP contribution < -0.4 is 10.6 Å². The van der Waals surface area contributed by atoms with Crippen molar-refractivity contribution in [2.75, 3.05) is 31.6 Å². The van der Waals surface area contributed by atoms with Crippen molar-refractivity contribution in [2.24, 2.45) is 10.4 Å².